The number of hydrogen-bond acceptors (Lipinski definition) is 4. The van der Waals surface area contributed by atoms with Crippen molar-refractivity contribution in [1.82, 2.24) is 15.1 Å². The summed E-state index contributed by atoms with van der Waals surface area (Å²) in [6, 6.07) is 12.2. The van der Waals surface area contributed by atoms with E-state index in [-0.39, 0.29) is 0 Å². The Balaban J connectivity index is 1.60. The van der Waals surface area contributed by atoms with Gasteiger partial charge in [-0.05, 0) is 61.1 Å². The minimum atomic E-state index is -0.853. The minimum absolute atomic E-state index is 0.417. The normalized spacial score (nSPS) is 15.0. The number of amides is 2. The second kappa shape index (κ2) is 10.3. The van der Waals surface area contributed by atoms with Crippen LogP contribution in [0, 0.1) is 6.92 Å². The molecule has 1 atom stereocenters. The zero-order chi connectivity index (χ0) is 24.2. The number of anilines is 2. The van der Waals surface area contributed by atoms with Crippen LogP contribution in [0.1, 0.15) is 42.1 Å². The first kappa shape index (κ1) is 23.8. The summed E-state index contributed by atoms with van der Waals surface area (Å²) in [6.45, 7) is 4.46. The van der Waals surface area contributed by atoms with E-state index in [9.17, 15) is 14.7 Å². The third-order valence-electron chi connectivity index (χ3n) is 5.92. The predicted octanol–water partition coefficient (Wildman–Crippen LogP) is 4.92. The number of unbranched alkanes of at least 4 members (excludes halogenated alkanes) is 1. The van der Waals surface area contributed by atoms with Gasteiger partial charge in [-0.15, -0.1) is 0 Å². The monoisotopic (exact) mass is 481 g/mol. The molecule has 0 saturated heterocycles. The molecule has 0 aliphatic carbocycles. The number of carbonyl (C=O) groups is 2. The first-order valence-corrected chi connectivity index (χ1v) is 11.7. The van der Waals surface area contributed by atoms with Crippen molar-refractivity contribution >= 4 is 35.1 Å². The Morgan fingerprint density at radius 3 is 2.79 bits per heavy atom. The number of aryl methyl sites for hydroxylation is 2. The Morgan fingerprint density at radius 1 is 1.21 bits per heavy atom. The average Bonchev–Trinajstić information content (AvgIpc) is 3.22. The number of hydrogen-bond donors (Lipinski definition) is 4. The molecule has 2 amide bonds. The fourth-order valence-electron chi connectivity index (χ4n) is 4.02. The number of carboxylic acids is 1. The molecular weight excluding hydrogens is 454 g/mol. The molecule has 0 fully saturated rings. The third-order valence-corrected chi connectivity index (χ3v) is 6.43. The Morgan fingerprint density at radius 2 is 2.03 bits per heavy atom. The van der Waals surface area contributed by atoms with Crippen molar-refractivity contribution < 1.29 is 14.7 Å². The van der Waals surface area contributed by atoms with Crippen LogP contribution < -0.4 is 16.0 Å². The maximum atomic E-state index is 12.8. The van der Waals surface area contributed by atoms with Crippen LogP contribution in [0.4, 0.5) is 16.3 Å². The molecule has 2 heterocycles. The lowest BCUT2D eigenvalue weighted by Crippen LogP contribution is -2.41. The van der Waals surface area contributed by atoms with E-state index >= 15 is 0 Å². The molecule has 0 radical (unpaired) electrons. The van der Waals surface area contributed by atoms with E-state index in [1.165, 1.54) is 0 Å². The third kappa shape index (κ3) is 5.24. The van der Waals surface area contributed by atoms with Gasteiger partial charge in [-0.3, -0.25) is 10.1 Å². The smallest absolute Gasteiger partial charge is 0.324 e. The van der Waals surface area contributed by atoms with Crippen LogP contribution in [0.2, 0.25) is 5.02 Å². The maximum absolute atomic E-state index is 12.8. The van der Waals surface area contributed by atoms with Crippen molar-refractivity contribution in [1.29, 1.82) is 0 Å². The molecule has 34 heavy (non-hydrogen) atoms. The van der Waals surface area contributed by atoms with Crippen molar-refractivity contribution in [2.24, 2.45) is 0 Å². The molecular formula is C25H28ClN5O3. The van der Waals surface area contributed by atoms with Gasteiger partial charge in [0.15, 0.2) is 0 Å². The molecule has 2 aromatic carbocycles. The Hall–Kier alpha value is -3.36. The zero-order valence-electron chi connectivity index (χ0n) is 19.2. The maximum Gasteiger partial charge on any atom is 0.324 e. The molecule has 178 valence electrons. The van der Waals surface area contributed by atoms with Crippen LogP contribution >= 0.6 is 11.6 Å². The predicted molar refractivity (Wildman–Crippen MR) is 133 cm³/mol. The lowest BCUT2D eigenvalue weighted by atomic mass is 9.95. The van der Waals surface area contributed by atoms with E-state index in [0.717, 1.165) is 47.3 Å². The highest BCUT2D eigenvalue weighted by Gasteiger charge is 2.24. The molecule has 9 heteroatoms. The van der Waals surface area contributed by atoms with Crippen LogP contribution in [-0.4, -0.2) is 32.9 Å². The number of rotatable bonds is 7. The number of carbonyl (C=O) groups excluding carboxylic acids is 1. The largest absolute Gasteiger partial charge is 0.480 e. The molecule has 1 aromatic heterocycles. The molecule has 4 rings (SSSR count). The van der Waals surface area contributed by atoms with E-state index < -0.39 is 18.0 Å². The number of benzene rings is 2. The van der Waals surface area contributed by atoms with Crippen molar-refractivity contribution in [3.63, 3.8) is 0 Å². The molecule has 3 aromatic rings. The fourth-order valence-corrected chi connectivity index (χ4v) is 4.19. The van der Waals surface area contributed by atoms with E-state index in [0.29, 0.717) is 29.5 Å². The molecule has 1 aliphatic rings. The zero-order valence-corrected chi connectivity index (χ0v) is 19.9. The molecule has 1 aliphatic heterocycles. The first-order valence-electron chi connectivity index (χ1n) is 11.4. The van der Waals surface area contributed by atoms with Crippen molar-refractivity contribution in [2.45, 2.75) is 52.1 Å². The molecule has 8 nitrogen and oxygen atoms in total. The number of urea groups is 1. The van der Waals surface area contributed by atoms with Crippen LogP contribution in [-0.2, 0) is 24.2 Å². The molecule has 0 bridgehead atoms. The number of aliphatic carboxylic acids is 1. The number of fused-ring (bicyclic) bond motifs is 1. The molecule has 0 saturated carbocycles. The van der Waals surface area contributed by atoms with Gasteiger partial charge in [-0.25, -0.2) is 9.48 Å². The van der Waals surface area contributed by atoms with Gasteiger partial charge in [0.2, 0.25) is 0 Å². The van der Waals surface area contributed by atoms with Crippen molar-refractivity contribution in [3.8, 4) is 5.69 Å². The van der Waals surface area contributed by atoms with Crippen molar-refractivity contribution in [3.05, 3.63) is 69.9 Å². The Labute approximate surface area is 203 Å². The van der Waals surface area contributed by atoms with Gasteiger partial charge in [-0.1, -0.05) is 43.1 Å². The highest BCUT2D eigenvalue weighted by molar-refractivity contribution is 6.34. The summed E-state index contributed by atoms with van der Waals surface area (Å²) in [5.74, 6) is -0.312. The quantitative estimate of drug-likeness (QED) is 0.383. The highest BCUT2D eigenvalue weighted by atomic mass is 35.5. The first-order chi connectivity index (χ1) is 16.4. The van der Waals surface area contributed by atoms with Gasteiger partial charge < -0.3 is 15.7 Å². The van der Waals surface area contributed by atoms with Gasteiger partial charge >= 0.3 is 12.0 Å². The minimum Gasteiger partial charge on any atom is -0.480 e. The van der Waals surface area contributed by atoms with Gasteiger partial charge in [-0.2, -0.15) is 5.10 Å². The number of halogens is 1. The summed E-state index contributed by atoms with van der Waals surface area (Å²) in [5, 5.41) is 23.3. The standard InChI is InChI=1S/C25H28ClN5O3/c1-3-4-7-18-13-22(29-25(34)28-20-8-5-6-15(2)23(20)26)31(30-18)19-10-9-16-12-21(24(32)33)27-14-17(16)11-19/h5-6,8-11,13,21,27H,3-4,7,12,14H2,1-2H3,(H,32,33)(H2,28,29,34). The SMILES string of the molecule is CCCCc1cc(NC(=O)Nc2cccc(C)c2Cl)n(-c2ccc3c(c2)CNC(C(=O)O)C3)n1. The summed E-state index contributed by atoms with van der Waals surface area (Å²) in [6.07, 6.45) is 3.26. The number of nitrogens with one attached hydrogen (secondary N) is 3. The second-order valence-corrected chi connectivity index (χ2v) is 8.86. The summed E-state index contributed by atoms with van der Waals surface area (Å²) >= 11 is 6.32. The lowest BCUT2D eigenvalue weighted by molar-refractivity contribution is -0.139. The van der Waals surface area contributed by atoms with Crippen LogP contribution in [0.5, 0.6) is 0 Å². The fraction of sp³-hybridized carbons (Fsp3) is 0.320. The summed E-state index contributed by atoms with van der Waals surface area (Å²) in [7, 11) is 0. The molecule has 4 N–H and O–H groups in total. The summed E-state index contributed by atoms with van der Waals surface area (Å²) in [4.78, 5) is 24.1. The van der Waals surface area contributed by atoms with E-state index in [4.69, 9.17) is 16.7 Å². The summed E-state index contributed by atoms with van der Waals surface area (Å²) < 4.78 is 1.71. The van der Waals surface area contributed by atoms with E-state index in [1.807, 2.05) is 43.3 Å². The lowest BCUT2D eigenvalue weighted by Gasteiger charge is -2.23. The topological polar surface area (TPSA) is 108 Å². The number of nitrogens with zero attached hydrogens (tertiary/aromatic N) is 2. The number of aromatic nitrogens is 2. The Kier molecular flexibility index (Phi) is 7.19. The van der Waals surface area contributed by atoms with Crippen LogP contribution in [0.3, 0.4) is 0 Å². The van der Waals surface area contributed by atoms with Gasteiger partial charge in [0.05, 0.1) is 22.1 Å². The molecule has 1 unspecified atom stereocenters. The van der Waals surface area contributed by atoms with Gasteiger partial charge in [0.1, 0.15) is 11.9 Å². The van der Waals surface area contributed by atoms with E-state index in [1.54, 1.807) is 10.7 Å². The van der Waals surface area contributed by atoms with Crippen molar-refractivity contribution in [2.75, 3.05) is 10.6 Å². The van der Waals surface area contributed by atoms with Gasteiger partial charge in [0, 0.05) is 12.6 Å². The highest BCUT2D eigenvalue weighted by Crippen LogP contribution is 2.27. The summed E-state index contributed by atoms with van der Waals surface area (Å²) in [5.41, 5.74) is 5.09. The average molecular weight is 482 g/mol. The van der Waals surface area contributed by atoms with E-state index in [2.05, 4.69) is 22.9 Å². The van der Waals surface area contributed by atoms with Crippen LogP contribution in [0.15, 0.2) is 42.5 Å². The van der Waals surface area contributed by atoms with Gasteiger partial charge in [0.25, 0.3) is 0 Å². The Bertz CT molecular complexity index is 1220. The number of carboxylic acid groups (broad SMARTS) is 1. The second-order valence-electron chi connectivity index (χ2n) is 8.48. The molecule has 0 spiro atoms. The van der Waals surface area contributed by atoms with Crippen LogP contribution in [0.25, 0.3) is 5.69 Å².